The van der Waals surface area contributed by atoms with Crippen LogP contribution < -0.4 is 10.5 Å². The van der Waals surface area contributed by atoms with Gasteiger partial charge in [-0.15, -0.1) is 0 Å². The zero-order chi connectivity index (χ0) is 14.5. The quantitative estimate of drug-likeness (QED) is 0.881. The van der Waals surface area contributed by atoms with Crippen molar-refractivity contribution in [1.29, 1.82) is 0 Å². The Hall–Kier alpha value is -0.540. The molecular formula is C17H24BrNO. The molecule has 20 heavy (non-hydrogen) atoms. The minimum Gasteiger partial charge on any atom is -0.489 e. The molecule has 3 unspecified atom stereocenters. The molecule has 2 fully saturated rings. The van der Waals surface area contributed by atoms with E-state index in [0.717, 1.165) is 21.7 Å². The largest absolute Gasteiger partial charge is 0.489 e. The van der Waals surface area contributed by atoms with Crippen molar-refractivity contribution in [3.05, 3.63) is 28.2 Å². The maximum atomic E-state index is 6.44. The number of rotatable bonds is 3. The highest BCUT2D eigenvalue weighted by Gasteiger charge is 2.62. The lowest BCUT2D eigenvalue weighted by Crippen LogP contribution is -2.39. The molecule has 2 nitrogen and oxygen atoms in total. The van der Waals surface area contributed by atoms with E-state index >= 15 is 0 Å². The Morgan fingerprint density at radius 1 is 1.35 bits per heavy atom. The summed E-state index contributed by atoms with van der Waals surface area (Å²) in [7, 11) is 0. The van der Waals surface area contributed by atoms with Crippen LogP contribution in [0.5, 0.6) is 5.75 Å². The second-order valence-corrected chi connectivity index (χ2v) is 8.09. The van der Waals surface area contributed by atoms with Gasteiger partial charge in [0.2, 0.25) is 0 Å². The molecule has 2 bridgehead atoms. The number of benzene rings is 1. The highest BCUT2D eigenvalue weighted by molar-refractivity contribution is 9.10. The SMILES string of the molecule is CC1(C)C2CCC1(C)C(Oc1cc(Br)ccc1CN)C2. The van der Waals surface area contributed by atoms with E-state index in [1.54, 1.807) is 0 Å². The van der Waals surface area contributed by atoms with Crippen molar-refractivity contribution in [3.8, 4) is 5.75 Å². The Morgan fingerprint density at radius 2 is 2.10 bits per heavy atom. The molecule has 1 aromatic rings. The maximum absolute atomic E-state index is 6.44. The second kappa shape index (κ2) is 4.74. The molecule has 2 aliphatic carbocycles. The van der Waals surface area contributed by atoms with Crippen LogP contribution in [0.1, 0.15) is 45.6 Å². The van der Waals surface area contributed by atoms with Gasteiger partial charge < -0.3 is 10.5 Å². The van der Waals surface area contributed by atoms with Crippen LogP contribution in [0.4, 0.5) is 0 Å². The summed E-state index contributed by atoms with van der Waals surface area (Å²) in [5.74, 6) is 1.75. The molecule has 1 aromatic carbocycles. The van der Waals surface area contributed by atoms with Crippen LogP contribution in [0, 0.1) is 16.7 Å². The second-order valence-electron chi connectivity index (χ2n) is 7.17. The average Bonchev–Trinajstić information content (AvgIpc) is 2.72. The van der Waals surface area contributed by atoms with Crippen LogP contribution in [0.25, 0.3) is 0 Å². The van der Waals surface area contributed by atoms with Crippen LogP contribution >= 0.6 is 15.9 Å². The fourth-order valence-electron chi connectivity index (χ4n) is 4.27. The van der Waals surface area contributed by atoms with Gasteiger partial charge in [-0.3, -0.25) is 0 Å². The van der Waals surface area contributed by atoms with E-state index in [9.17, 15) is 0 Å². The van der Waals surface area contributed by atoms with Crippen LogP contribution in [-0.2, 0) is 6.54 Å². The summed E-state index contributed by atoms with van der Waals surface area (Å²) in [6.07, 6.45) is 4.13. The molecule has 0 spiro atoms. The van der Waals surface area contributed by atoms with Crippen molar-refractivity contribution in [1.82, 2.24) is 0 Å². The summed E-state index contributed by atoms with van der Waals surface area (Å²) in [6.45, 7) is 7.77. The first kappa shape index (κ1) is 14.4. The predicted molar refractivity (Wildman–Crippen MR) is 85.7 cm³/mol. The van der Waals surface area contributed by atoms with E-state index in [-0.39, 0.29) is 5.41 Å². The molecule has 0 aliphatic heterocycles. The maximum Gasteiger partial charge on any atom is 0.125 e. The monoisotopic (exact) mass is 337 g/mol. The van der Waals surface area contributed by atoms with Gasteiger partial charge in [-0.25, -0.2) is 0 Å². The third-order valence-electron chi connectivity index (χ3n) is 6.23. The van der Waals surface area contributed by atoms with Crippen LogP contribution in [0.3, 0.4) is 0 Å². The number of ether oxygens (including phenoxy) is 1. The number of hydrogen-bond acceptors (Lipinski definition) is 2. The molecule has 0 aromatic heterocycles. The van der Waals surface area contributed by atoms with Gasteiger partial charge in [0.25, 0.3) is 0 Å². The Kier molecular flexibility index (Phi) is 3.41. The van der Waals surface area contributed by atoms with Crippen molar-refractivity contribution >= 4 is 15.9 Å². The van der Waals surface area contributed by atoms with Gasteiger partial charge in [0.15, 0.2) is 0 Å². The Balaban J connectivity index is 1.88. The zero-order valence-corrected chi connectivity index (χ0v) is 14.2. The van der Waals surface area contributed by atoms with E-state index in [1.807, 2.05) is 6.07 Å². The first-order chi connectivity index (χ1) is 9.38. The molecule has 3 heteroatoms. The normalized spacial score (nSPS) is 34.5. The summed E-state index contributed by atoms with van der Waals surface area (Å²) in [6, 6.07) is 6.14. The molecular weight excluding hydrogens is 314 g/mol. The van der Waals surface area contributed by atoms with Gasteiger partial charge >= 0.3 is 0 Å². The summed E-state index contributed by atoms with van der Waals surface area (Å²) in [5, 5.41) is 0. The number of nitrogens with two attached hydrogens (primary N) is 1. The topological polar surface area (TPSA) is 35.2 Å². The zero-order valence-electron chi connectivity index (χ0n) is 12.6. The van der Waals surface area contributed by atoms with Crippen LogP contribution in [-0.4, -0.2) is 6.10 Å². The summed E-state index contributed by atoms with van der Waals surface area (Å²) in [4.78, 5) is 0. The van der Waals surface area contributed by atoms with Crippen molar-refractivity contribution in [3.63, 3.8) is 0 Å². The fraction of sp³-hybridized carbons (Fsp3) is 0.647. The molecule has 3 rings (SSSR count). The fourth-order valence-corrected chi connectivity index (χ4v) is 4.61. The minimum absolute atomic E-state index is 0.284. The lowest BCUT2D eigenvalue weighted by molar-refractivity contribution is 0.0295. The summed E-state index contributed by atoms with van der Waals surface area (Å²) >= 11 is 3.53. The van der Waals surface area contributed by atoms with Gasteiger partial charge in [0.05, 0.1) is 0 Å². The summed E-state index contributed by atoms with van der Waals surface area (Å²) < 4.78 is 7.49. The molecule has 0 heterocycles. The molecule has 0 amide bonds. The molecule has 110 valence electrons. The molecule has 3 atom stereocenters. The highest BCUT2D eigenvalue weighted by Crippen LogP contribution is 2.66. The predicted octanol–water partition coefficient (Wildman–Crippen LogP) is 4.50. The van der Waals surface area contributed by atoms with Crippen molar-refractivity contribution in [2.45, 2.75) is 52.7 Å². The first-order valence-corrected chi connectivity index (χ1v) is 8.33. The molecule has 0 saturated heterocycles. The molecule has 2 N–H and O–H groups in total. The smallest absolute Gasteiger partial charge is 0.125 e. The Labute approximate surface area is 130 Å². The van der Waals surface area contributed by atoms with E-state index in [1.165, 1.54) is 19.3 Å². The van der Waals surface area contributed by atoms with E-state index in [0.29, 0.717) is 18.1 Å². The van der Waals surface area contributed by atoms with Crippen molar-refractivity contribution in [2.75, 3.05) is 0 Å². The standard InChI is InChI=1S/C17H24BrNO/c1-16(2)12-6-7-17(16,3)15(8-12)20-14-9-13(18)5-4-11(14)10-19/h4-5,9,12,15H,6-8,10,19H2,1-3H3. The van der Waals surface area contributed by atoms with Gasteiger partial charge in [-0.2, -0.15) is 0 Å². The van der Waals surface area contributed by atoms with Crippen molar-refractivity contribution in [2.24, 2.45) is 22.5 Å². The van der Waals surface area contributed by atoms with Gasteiger partial charge in [-0.05, 0) is 42.7 Å². The molecule has 2 saturated carbocycles. The number of fused-ring (bicyclic) bond motifs is 2. The third-order valence-corrected chi connectivity index (χ3v) is 6.73. The van der Waals surface area contributed by atoms with Crippen LogP contribution in [0.2, 0.25) is 0 Å². The molecule has 0 radical (unpaired) electrons. The molecule has 2 aliphatic rings. The van der Waals surface area contributed by atoms with Gasteiger partial charge in [0.1, 0.15) is 11.9 Å². The lowest BCUT2D eigenvalue weighted by atomic mass is 9.70. The van der Waals surface area contributed by atoms with E-state index < -0.39 is 0 Å². The Bertz CT molecular complexity index is 528. The lowest BCUT2D eigenvalue weighted by Gasteiger charge is -2.39. The van der Waals surface area contributed by atoms with E-state index in [4.69, 9.17) is 10.5 Å². The van der Waals surface area contributed by atoms with Gasteiger partial charge in [-0.1, -0.05) is 42.8 Å². The minimum atomic E-state index is 0.284. The Morgan fingerprint density at radius 3 is 2.65 bits per heavy atom. The first-order valence-electron chi connectivity index (χ1n) is 7.53. The van der Waals surface area contributed by atoms with Gasteiger partial charge in [0, 0.05) is 22.0 Å². The highest BCUT2D eigenvalue weighted by atomic mass is 79.9. The van der Waals surface area contributed by atoms with Crippen molar-refractivity contribution < 1.29 is 4.74 Å². The number of hydrogen-bond donors (Lipinski definition) is 1. The third kappa shape index (κ3) is 1.93. The summed E-state index contributed by atoms with van der Waals surface area (Å²) in [5.41, 5.74) is 7.60. The average molecular weight is 338 g/mol. The van der Waals surface area contributed by atoms with E-state index in [2.05, 4.69) is 48.8 Å². The van der Waals surface area contributed by atoms with Crippen LogP contribution in [0.15, 0.2) is 22.7 Å². The number of halogens is 1.